The van der Waals surface area contributed by atoms with Gasteiger partial charge in [0.15, 0.2) is 0 Å². The molecule has 1 aromatic carbocycles. The van der Waals surface area contributed by atoms with Crippen molar-refractivity contribution in [2.24, 2.45) is 0 Å². The topological polar surface area (TPSA) is 24.5 Å². The molecular formula is C16H24N2O. The molecule has 2 unspecified atom stereocenters. The number of hydrogen-bond acceptors (Lipinski definition) is 3. The highest BCUT2D eigenvalue weighted by Gasteiger charge is 2.31. The summed E-state index contributed by atoms with van der Waals surface area (Å²) >= 11 is 0. The Hall–Kier alpha value is -1.06. The molecule has 1 aliphatic carbocycles. The standard InChI is InChI=1S/C16H24N2O/c1-17-13-8-9-18(11-13)16-5-3-4-12-10-14(19-2)6-7-15(12)16/h6-7,10,13,16-17H,3-5,8-9,11H2,1-2H3. The maximum Gasteiger partial charge on any atom is 0.119 e. The molecule has 0 amide bonds. The van der Waals surface area contributed by atoms with Crippen LogP contribution in [0.1, 0.15) is 36.4 Å². The summed E-state index contributed by atoms with van der Waals surface area (Å²) in [6, 6.07) is 7.91. The second-order valence-electron chi connectivity index (χ2n) is 5.74. The number of rotatable bonds is 3. The fourth-order valence-electron chi connectivity index (χ4n) is 3.58. The second-order valence-corrected chi connectivity index (χ2v) is 5.74. The van der Waals surface area contributed by atoms with Crippen LogP contribution in [0.15, 0.2) is 18.2 Å². The molecule has 1 aliphatic heterocycles. The molecule has 1 aromatic rings. The number of nitrogens with zero attached hydrogens (tertiary/aromatic N) is 1. The third kappa shape index (κ3) is 2.49. The van der Waals surface area contributed by atoms with Crippen molar-refractivity contribution in [1.29, 1.82) is 0 Å². The molecule has 1 fully saturated rings. The Kier molecular flexibility index (Phi) is 3.76. The molecule has 3 heteroatoms. The highest BCUT2D eigenvalue weighted by Crippen LogP contribution is 2.37. The van der Waals surface area contributed by atoms with Crippen LogP contribution >= 0.6 is 0 Å². The number of methoxy groups -OCH3 is 1. The average Bonchev–Trinajstić information content (AvgIpc) is 2.94. The van der Waals surface area contributed by atoms with Gasteiger partial charge in [0.1, 0.15) is 5.75 Å². The maximum absolute atomic E-state index is 5.35. The molecule has 2 aliphatic rings. The van der Waals surface area contributed by atoms with Crippen molar-refractivity contribution in [2.45, 2.75) is 37.8 Å². The van der Waals surface area contributed by atoms with Crippen molar-refractivity contribution in [3.63, 3.8) is 0 Å². The van der Waals surface area contributed by atoms with E-state index in [-0.39, 0.29) is 0 Å². The minimum atomic E-state index is 0.619. The van der Waals surface area contributed by atoms with Crippen molar-refractivity contribution < 1.29 is 4.74 Å². The van der Waals surface area contributed by atoms with Crippen LogP contribution in [0.2, 0.25) is 0 Å². The van der Waals surface area contributed by atoms with Crippen molar-refractivity contribution in [3.8, 4) is 5.75 Å². The number of nitrogens with one attached hydrogen (secondary N) is 1. The van der Waals surface area contributed by atoms with E-state index < -0.39 is 0 Å². The number of ether oxygens (including phenoxy) is 1. The fourth-order valence-corrected chi connectivity index (χ4v) is 3.58. The van der Waals surface area contributed by atoms with Gasteiger partial charge in [-0.15, -0.1) is 0 Å². The normalized spacial score (nSPS) is 27.3. The number of likely N-dealkylation sites (N-methyl/N-ethyl adjacent to an activating group) is 1. The quantitative estimate of drug-likeness (QED) is 0.903. The van der Waals surface area contributed by atoms with Gasteiger partial charge in [-0.3, -0.25) is 4.90 Å². The number of hydrogen-bond donors (Lipinski definition) is 1. The predicted molar refractivity (Wildman–Crippen MR) is 77.7 cm³/mol. The smallest absolute Gasteiger partial charge is 0.119 e. The molecule has 1 N–H and O–H groups in total. The Morgan fingerprint density at radius 1 is 1.32 bits per heavy atom. The zero-order valence-electron chi connectivity index (χ0n) is 12.0. The van der Waals surface area contributed by atoms with Gasteiger partial charge in [0.25, 0.3) is 0 Å². The van der Waals surface area contributed by atoms with E-state index >= 15 is 0 Å². The molecule has 0 saturated carbocycles. The van der Waals surface area contributed by atoms with Gasteiger partial charge in [-0.25, -0.2) is 0 Å². The predicted octanol–water partition coefficient (Wildman–Crippen LogP) is 2.37. The summed E-state index contributed by atoms with van der Waals surface area (Å²) in [5.74, 6) is 0.994. The lowest BCUT2D eigenvalue weighted by molar-refractivity contribution is 0.217. The van der Waals surface area contributed by atoms with Crippen LogP contribution in [0, 0.1) is 0 Å². The van der Waals surface area contributed by atoms with E-state index in [0.29, 0.717) is 12.1 Å². The molecule has 0 radical (unpaired) electrons. The molecule has 104 valence electrons. The zero-order chi connectivity index (χ0) is 13.2. The van der Waals surface area contributed by atoms with E-state index in [1.165, 1.54) is 49.9 Å². The Morgan fingerprint density at radius 2 is 2.21 bits per heavy atom. The van der Waals surface area contributed by atoms with E-state index in [1.807, 2.05) is 0 Å². The van der Waals surface area contributed by atoms with Crippen LogP contribution < -0.4 is 10.1 Å². The SMILES string of the molecule is CNC1CCN(C2CCCc3cc(OC)ccc32)C1. The number of likely N-dealkylation sites (tertiary alicyclic amines) is 1. The largest absolute Gasteiger partial charge is 0.497 e. The van der Waals surface area contributed by atoms with Gasteiger partial charge in [-0.2, -0.15) is 0 Å². The third-order valence-corrected chi connectivity index (χ3v) is 4.70. The molecule has 1 saturated heterocycles. The first-order chi connectivity index (χ1) is 9.31. The summed E-state index contributed by atoms with van der Waals surface area (Å²) in [6.07, 6.45) is 5.08. The van der Waals surface area contributed by atoms with Crippen molar-refractivity contribution >= 4 is 0 Å². The maximum atomic E-state index is 5.35. The molecule has 19 heavy (non-hydrogen) atoms. The molecule has 3 nitrogen and oxygen atoms in total. The Balaban J connectivity index is 1.82. The first-order valence-electron chi connectivity index (χ1n) is 7.40. The van der Waals surface area contributed by atoms with Gasteiger partial charge in [0, 0.05) is 25.2 Å². The van der Waals surface area contributed by atoms with Crippen molar-refractivity contribution in [2.75, 3.05) is 27.2 Å². The summed E-state index contributed by atoms with van der Waals surface area (Å²) in [5, 5.41) is 3.41. The summed E-state index contributed by atoms with van der Waals surface area (Å²) in [6.45, 7) is 2.41. The molecule has 2 atom stereocenters. The fraction of sp³-hybridized carbons (Fsp3) is 0.625. The molecular weight excluding hydrogens is 236 g/mol. The highest BCUT2D eigenvalue weighted by molar-refractivity contribution is 5.39. The molecule has 3 rings (SSSR count). The summed E-state index contributed by atoms with van der Waals surface area (Å²) in [5.41, 5.74) is 3.02. The van der Waals surface area contributed by atoms with Gasteiger partial charge in [-0.1, -0.05) is 6.07 Å². The molecule has 1 heterocycles. The van der Waals surface area contributed by atoms with E-state index in [9.17, 15) is 0 Å². The number of fused-ring (bicyclic) bond motifs is 1. The summed E-state index contributed by atoms with van der Waals surface area (Å²) < 4.78 is 5.35. The second kappa shape index (κ2) is 5.51. The first kappa shape index (κ1) is 12.9. The van der Waals surface area contributed by atoms with Crippen LogP contribution in [0.4, 0.5) is 0 Å². The van der Waals surface area contributed by atoms with Gasteiger partial charge >= 0.3 is 0 Å². The van der Waals surface area contributed by atoms with Gasteiger partial charge in [0.2, 0.25) is 0 Å². The van der Waals surface area contributed by atoms with Gasteiger partial charge in [0.05, 0.1) is 7.11 Å². The average molecular weight is 260 g/mol. The highest BCUT2D eigenvalue weighted by atomic mass is 16.5. The minimum Gasteiger partial charge on any atom is -0.497 e. The number of aryl methyl sites for hydroxylation is 1. The monoisotopic (exact) mass is 260 g/mol. The molecule has 0 bridgehead atoms. The van der Waals surface area contributed by atoms with Crippen LogP contribution in [0.3, 0.4) is 0 Å². The number of benzene rings is 1. The lowest BCUT2D eigenvalue weighted by atomic mass is 9.86. The van der Waals surface area contributed by atoms with Crippen LogP contribution in [-0.2, 0) is 6.42 Å². The lowest BCUT2D eigenvalue weighted by Gasteiger charge is -2.33. The van der Waals surface area contributed by atoms with E-state index in [4.69, 9.17) is 4.74 Å². The zero-order valence-corrected chi connectivity index (χ0v) is 12.0. The molecule has 0 spiro atoms. The van der Waals surface area contributed by atoms with Crippen LogP contribution in [0.25, 0.3) is 0 Å². The van der Waals surface area contributed by atoms with Crippen molar-refractivity contribution in [3.05, 3.63) is 29.3 Å². The van der Waals surface area contributed by atoms with E-state index in [2.05, 4.69) is 35.5 Å². The van der Waals surface area contributed by atoms with Crippen molar-refractivity contribution in [1.82, 2.24) is 10.2 Å². The van der Waals surface area contributed by atoms with E-state index in [1.54, 1.807) is 7.11 Å². The van der Waals surface area contributed by atoms with E-state index in [0.717, 1.165) is 5.75 Å². The molecule has 0 aromatic heterocycles. The minimum absolute atomic E-state index is 0.619. The Bertz CT molecular complexity index is 446. The summed E-state index contributed by atoms with van der Waals surface area (Å²) in [7, 11) is 3.83. The van der Waals surface area contributed by atoms with Crippen LogP contribution in [-0.4, -0.2) is 38.2 Å². The van der Waals surface area contributed by atoms with Gasteiger partial charge < -0.3 is 10.1 Å². The lowest BCUT2D eigenvalue weighted by Crippen LogP contribution is -2.33. The third-order valence-electron chi connectivity index (χ3n) is 4.70. The van der Waals surface area contributed by atoms with Crippen LogP contribution in [0.5, 0.6) is 5.75 Å². The Morgan fingerprint density at radius 3 is 2.95 bits per heavy atom. The Labute approximate surface area is 115 Å². The van der Waals surface area contributed by atoms with Gasteiger partial charge in [-0.05, 0) is 56.0 Å². The first-order valence-corrected chi connectivity index (χ1v) is 7.40. The summed E-state index contributed by atoms with van der Waals surface area (Å²) in [4.78, 5) is 2.66.